The summed E-state index contributed by atoms with van der Waals surface area (Å²) in [6, 6.07) is 4.11. The molecule has 2 N–H and O–H groups in total. The molecule has 12 heteroatoms. The minimum atomic E-state index is -4.94. The Hall–Kier alpha value is -3.96. The molecule has 1 aromatic carbocycles. The minimum absolute atomic E-state index is 0.0621. The smallest absolute Gasteiger partial charge is 0.444 e. The molecule has 0 aliphatic carbocycles. The number of anilines is 3. The van der Waals surface area contributed by atoms with Gasteiger partial charge in [-0.1, -0.05) is 0 Å². The lowest BCUT2D eigenvalue weighted by Crippen LogP contribution is -2.28. The van der Waals surface area contributed by atoms with Gasteiger partial charge in [-0.25, -0.2) is 18.6 Å². The lowest BCUT2D eigenvalue weighted by molar-refractivity contribution is -0.274. The van der Waals surface area contributed by atoms with Crippen LogP contribution in [0.4, 0.5) is 43.9 Å². The summed E-state index contributed by atoms with van der Waals surface area (Å²) in [4.78, 5) is 19.9. The molecule has 3 aromatic rings. The molecule has 36 heavy (non-hydrogen) atoms. The van der Waals surface area contributed by atoms with Crippen LogP contribution in [-0.2, 0) is 11.2 Å². The Balaban J connectivity index is 1.79. The lowest BCUT2D eigenvalue weighted by atomic mass is 10.0. The zero-order valence-corrected chi connectivity index (χ0v) is 19.8. The number of nitrogens with one attached hydrogen (secondary N) is 2. The molecular weight excluding hydrogens is 487 g/mol. The molecule has 0 spiro atoms. The monoisotopic (exact) mass is 510 g/mol. The van der Waals surface area contributed by atoms with Crippen molar-refractivity contribution in [2.24, 2.45) is 0 Å². The summed E-state index contributed by atoms with van der Waals surface area (Å²) in [5.41, 5.74) is 0.851. The molecule has 0 bridgehead atoms. The van der Waals surface area contributed by atoms with Crippen LogP contribution in [0.25, 0.3) is 0 Å². The van der Waals surface area contributed by atoms with Crippen LogP contribution in [0.5, 0.6) is 5.75 Å². The lowest BCUT2D eigenvalue weighted by Gasteiger charge is -2.19. The van der Waals surface area contributed by atoms with Crippen molar-refractivity contribution in [2.75, 3.05) is 10.6 Å². The quantitative estimate of drug-likeness (QED) is 0.362. The zero-order chi connectivity index (χ0) is 26.7. The van der Waals surface area contributed by atoms with Gasteiger partial charge in [0, 0.05) is 24.9 Å². The second-order valence-electron chi connectivity index (χ2n) is 8.72. The van der Waals surface area contributed by atoms with Gasteiger partial charge in [0.2, 0.25) is 0 Å². The maximum atomic E-state index is 15.0. The SMILES string of the molecule is Cc1c(Cc2ccnc(NC(=O)OC(C)(C)C)c2F)cncc1Nc1ccc(OC(F)(F)F)cc1F. The summed E-state index contributed by atoms with van der Waals surface area (Å²) >= 11 is 0. The van der Waals surface area contributed by atoms with E-state index in [-0.39, 0.29) is 23.5 Å². The zero-order valence-electron chi connectivity index (χ0n) is 19.8. The van der Waals surface area contributed by atoms with Gasteiger partial charge in [0.15, 0.2) is 11.6 Å². The van der Waals surface area contributed by atoms with Gasteiger partial charge in [0.25, 0.3) is 0 Å². The highest BCUT2D eigenvalue weighted by molar-refractivity contribution is 5.83. The summed E-state index contributed by atoms with van der Waals surface area (Å²) in [7, 11) is 0. The van der Waals surface area contributed by atoms with E-state index in [2.05, 4.69) is 25.3 Å². The Labute approximate surface area is 203 Å². The van der Waals surface area contributed by atoms with Crippen molar-refractivity contribution < 1.29 is 36.2 Å². The molecule has 192 valence electrons. The first-order chi connectivity index (χ1) is 16.7. The highest BCUT2D eigenvalue weighted by atomic mass is 19.4. The van der Waals surface area contributed by atoms with E-state index in [0.29, 0.717) is 22.9 Å². The number of ether oxygens (including phenoxy) is 2. The number of pyridine rings is 2. The number of hydrogen-bond acceptors (Lipinski definition) is 6. The molecule has 7 nitrogen and oxygen atoms in total. The van der Waals surface area contributed by atoms with Gasteiger partial charge in [0.05, 0.1) is 17.6 Å². The first-order valence-electron chi connectivity index (χ1n) is 10.6. The van der Waals surface area contributed by atoms with E-state index >= 15 is 4.39 Å². The number of carbonyl (C=O) groups is 1. The van der Waals surface area contributed by atoms with Crippen LogP contribution >= 0.6 is 0 Å². The molecule has 1 amide bonds. The van der Waals surface area contributed by atoms with Crippen molar-refractivity contribution in [1.29, 1.82) is 0 Å². The normalized spacial score (nSPS) is 11.7. The predicted octanol–water partition coefficient (Wildman–Crippen LogP) is 6.64. The number of carbonyl (C=O) groups excluding carboxylic acids is 1. The third-order valence-corrected chi connectivity index (χ3v) is 4.73. The van der Waals surface area contributed by atoms with Gasteiger partial charge in [-0.05, 0) is 62.6 Å². The van der Waals surface area contributed by atoms with Crippen LogP contribution < -0.4 is 15.4 Å². The van der Waals surface area contributed by atoms with Crippen LogP contribution in [0.2, 0.25) is 0 Å². The molecule has 0 saturated carbocycles. The Bertz CT molecular complexity index is 1260. The summed E-state index contributed by atoms with van der Waals surface area (Å²) < 4.78 is 75.3. The van der Waals surface area contributed by atoms with Crippen LogP contribution in [0.15, 0.2) is 42.9 Å². The largest absolute Gasteiger partial charge is 0.573 e. The first-order valence-corrected chi connectivity index (χ1v) is 10.6. The first kappa shape index (κ1) is 26.6. The molecular formula is C24H23F5N4O3. The molecule has 3 rings (SSSR count). The predicted molar refractivity (Wildman–Crippen MR) is 122 cm³/mol. The third kappa shape index (κ3) is 7.27. The van der Waals surface area contributed by atoms with Crippen molar-refractivity contribution >= 4 is 23.3 Å². The number of aromatic nitrogens is 2. The van der Waals surface area contributed by atoms with E-state index in [4.69, 9.17) is 4.74 Å². The van der Waals surface area contributed by atoms with Gasteiger partial charge < -0.3 is 14.8 Å². The van der Waals surface area contributed by atoms with Crippen LogP contribution in [0, 0.1) is 18.6 Å². The van der Waals surface area contributed by atoms with Crippen molar-refractivity contribution in [1.82, 2.24) is 9.97 Å². The van der Waals surface area contributed by atoms with E-state index in [1.807, 2.05) is 0 Å². The number of hydrogen-bond donors (Lipinski definition) is 2. The van der Waals surface area contributed by atoms with Gasteiger partial charge in [0.1, 0.15) is 17.2 Å². The standard InChI is InChI=1S/C24H23F5N4O3/c1-13-15(9-14-7-8-31-21(20(14)26)33-22(34)36-23(2,3)4)11-30-12-19(13)32-18-6-5-16(10-17(18)25)35-24(27,28)29/h5-8,10-12,32H,9H2,1-4H3,(H,31,33,34). The summed E-state index contributed by atoms with van der Waals surface area (Å²) in [5.74, 6) is -2.73. The maximum absolute atomic E-state index is 15.0. The highest BCUT2D eigenvalue weighted by Crippen LogP contribution is 2.30. The molecule has 0 unspecified atom stereocenters. The van der Waals surface area contributed by atoms with E-state index < -0.39 is 35.4 Å². The van der Waals surface area contributed by atoms with Crippen molar-refractivity contribution in [3.05, 3.63) is 71.2 Å². The van der Waals surface area contributed by atoms with Crippen molar-refractivity contribution in [3.63, 3.8) is 0 Å². The molecule has 0 fully saturated rings. The van der Waals surface area contributed by atoms with Crippen LogP contribution in [0.1, 0.15) is 37.5 Å². The van der Waals surface area contributed by atoms with Gasteiger partial charge >= 0.3 is 12.5 Å². The van der Waals surface area contributed by atoms with Crippen LogP contribution in [-0.4, -0.2) is 28.0 Å². The average molecular weight is 510 g/mol. The highest BCUT2D eigenvalue weighted by Gasteiger charge is 2.31. The number of amides is 1. The fourth-order valence-electron chi connectivity index (χ4n) is 3.12. The Morgan fingerprint density at radius 3 is 2.39 bits per heavy atom. The third-order valence-electron chi connectivity index (χ3n) is 4.73. The fourth-order valence-corrected chi connectivity index (χ4v) is 3.12. The molecule has 0 atom stereocenters. The van der Waals surface area contributed by atoms with E-state index in [1.165, 1.54) is 24.7 Å². The Morgan fingerprint density at radius 2 is 1.75 bits per heavy atom. The summed E-state index contributed by atoms with van der Waals surface area (Å²) in [6.45, 7) is 6.69. The number of halogens is 5. The topological polar surface area (TPSA) is 85.4 Å². The Kier molecular flexibility index (Phi) is 7.65. The van der Waals surface area contributed by atoms with Crippen LogP contribution in [0.3, 0.4) is 0 Å². The molecule has 0 aliphatic rings. The number of benzene rings is 1. The summed E-state index contributed by atoms with van der Waals surface area (Å²) in [5, 5.41) is 5.06. The molecule has 2 heterocycles. The van der Waals surface area contributed by atoms with Crippen molar-refractivity contribution in [3.8, 4) is 5.75 Å². The van der Waals surface area contributed by atoms with E-state index in [1.54, 1.807) is 27.7 Å². The maximum Gasteiger partial charge on any atom is 0.573 e. The number of nitrogens with zero attached hydrogens (tertiary/aromatic N) is 2. The summed E-state index contributed by atoms with van der Waals surface area (Å²) in [6.07, 6.45) is -1.51. The minimum Gasteiger partial charge on any atom is -0.444 e. The molecule has 0 aliphatic heterocycles. The van der Waals surface area contributed by atoms with Gasteiger partial charge in [-0.15, -0.1) is 13.2 Å². The number of rotatable bonds is 6. The number of alkyl halides is 3. The van der Waals surface area contributed by atoms with Crippen molar-refractivity contribution in [2.45, 2.75) is 46.1 Å². The average Bonchev–Trinajstić information content (AvgIpc) is 2.73. The van der Waals surface area contributed by atoms with Gasteiger partial charge in [-0.2, -0.15) is 0 Å². The molecule has 0 radical (unpaired) electrons. The Morgan fingerprint density at radius 1 is 1.03 bits per heavy atom. The van der Waals surface area contributed by atoms with E-state index in [0.717, 1.165) is 12.1 Å². The second-order valence-corrected chi connectivity index (χ2v) is 8.72. The fraction of sp³-hybridized carbons (Fsp3) is 0.292. The second kappa shape index (κ2) is 10.3. The molecule has 0 saturated heterocycles. The van der Waals surface area contributed by atoms with Gasteiger partial charge in [-0.3, -0.25) is 10.3 Å². The van der Waals surface area contributed by atoms with E-state index in [9.17, 15) is 22.4 Å². The molecule has 2 aromatic heterocycles.